The van der Waals surface area contributed by atoms with Gasteiger partial charge in [-0.05, 0) is 40.5 Å². The molecule has 0 aliphatic rings. The summed E-state index contributed by atoms with van der Waals surface area (Å²) < 4.78 is 23.0. The van der Waals surface area contributed by atoms with Crippen LogP contribution in [0.25, 0.3) is 0 Å². The first-order valence-electron chi connectivity index (χ1n) is 7.76. The Bertz CT molecular complexity index is 512. The highest BCUT2D eigenvalue weighted by molar-refractivity contribution is 7.57. The van der Waals surface area contributed by atoms with E-state index >= 15 is 0 Å². The topological polar surface area (TPSA) is 161 Å². The maximum absolute atomic E-state index is 11.8. The number of carbonyl (C=O) groups is 2. The largest absolute Gasteiger partial charge is 0.333 e. The molecule has 0 fully saturated rings. The second kappa shape index (κ2) is 8.35. The van der Waals surface area contributed by atoms with E-state index < -0.39 is 25.4 Å². The first-order chi connectivity index (χ1) is 10.5. The molecule has 0 amide bonds. The number of carbonyl (C=O) groups excluding carboxylic acids is 2. The van der Waals surface area contributed by atoms with Crippen molar-refractivity contribution in [3.8, 4) is 0 Å². The molecule has 6 N–H and O–H groups in total. The molecular weight excluding hydrogens is 354 g/mol. The van der Waals surface area contributed by atoms with Crippen molar-refractivity contribution in [3.63, 3.8) is 0 Å². The van der Waals surface area contributed by atoms with Crippen LogP contribution in [-0.2, 0) is 18.7 Å². The van der Waals surface area contributed by atoms with Crippen LogP contribution in [0.3, 0.4) is 0 Å². The summed E-state index contributed by atoms with van der Waals surface area (Å²) in [4.78, 5) is 42.4. The van der Waals surface area contributed by atoms with Crippen molar-refractivity contribution < 1.29 is 28.5 Å². The van der Waals surface area contributed by atoms with Gasteiger partial charge in [0.15, 0.2) is 0 Å². The number of nitrogens with two attached hydrogens (primary N) is 2. The van der Waals surface area contributed by atoms with Crippen LogP contribution >= 0.6 is 15.0 Å². The summed E-state index contributed by atoms with van der Waals surface area (Å²) in [5.74, 6) is -0.369. The first kappa shape index (κ1) is 23.6. The average Bonchev–Trinajstić information content (AvgIpc) is 2.38. The Morgan fingerprint density at radius 2 is 1.00 bits per heavy atom. The zero-order valence-corrected chi connectivity index (χ0v) is 16.6. The lowest BCUT2D eigenvalue weighted by Gasteiger charge is -2.26. The number of ketones is 2. The normalized spacial score (nSPS) is 17.8. The summed E-state index contributed by atoms with van der Waals surface area (Å²) in [5.41, 5.74) is 10.5. The molecule has 8 nitrogen and oxygen atoms in total. The van der Waals surface area contributed by atoms with Gasteiger partial charge in [0.2, 0.25) is 0 Å². The minimum Gasteiger partial charge on any atom is -0.333 e. The van der Waals surface area contributed by atoms with Crippen LogP contribution in [0.4, 0.5) is 0 Å². The molecule has 0 heterocycles. The van der Waals surface area contributed by atoms with E-state index in [4.69, 9.17) is 11.0 Å². The minimum absolute atomic E-state index is 0.0368. The molecule has 0 saturated carbocycles. The van der Waals surface area contributed by atoms with Gasteiger partial charge in [-0.25, -0.2) is 0 Å². The third-order valence-electron chi connectivity index (χ3n) is 4.45. The third-order valence-corrected chi connectivity index (χ3v) is 8.37. The van der Waals surface area contributed by atoms with Gasteiger partial charge < -0.3 is 9.79 Å². The second-order valence-electron chi connectivity index (χ2n) is 7.45. The van der Waals surface area contributed by atoms with E-state index in [1.165, 1.54) is 27.7 Å². The highest BCUT2D eigenvalue weighted by Crippen LogP contribution is 2.50. The van der Waals surface area contributed by atoms with E-state index in [2.05, 4.69) is 0 Å². The lowest BCUT2D eigenvalue weighted by molar-refractivity contribution is -0.124. The maximum Gasteiger partial charge on any atom is 0.270 e. The van der Waals surface area contributed by atoms with Gasteiger partial charge in [-0.3, -0.25) is 29.7 Å². The Morgan fingerprint density at radius 1 is 0.750 bits per heavy atom. The lowest BCUT2D eigenvalue weighted by Crippen LogP contribution is -2.26. The van der Waals surface area contributed by atoms with Crippen molar-refractivity contribution >= 4 is 26.6 Å². The average molecular weight is 384 g/mol. The van der Waals surface area contributed by atoms with Crippen LogP contribution in [0.15, 0.2) is 0 Å². The standard InChI is InChI=1S/C14H30N2O6P2/c1-13(2,23(15,19)20)9-7-11(17)5-6-12(18)8-10-14(3,4)24(16,21)22/h5-10H2,1-4H3,(H3,15,19,20)(H3,16,21,22). The highest BCUT2D eigenvalue weighted by Gasteiger charge is 2.36. The maximum atomic E-state index is 11.8. The van der Waals surface area contributed by atoms with Crippen LogP contribution < -0.4 is 11.0 Å². The fraction of sp³-hybridized carbons (Fsp3) is 0.857. The molecule has 0 spiro atoms. The van der Waals surface area contributed by atoms with Crippen molar-refractivity contribution in [1.29, 1.82) is 0 Å². The monoisotopic (exact) mass is 384 g/mol. The molecule has 2 atom stereocenters. The molecule has 0 aromatic rings. The minimum atomic E-state index is -3.79. The van der Waals surface area contributed by atoms with Crippen molar-refractivity contribution in [2.24, 2.45) is 11.0 Å². The van der Waals surface area contributed by atoms with Crippen molar-refractivity contribution in [3.05, 3.63) is 0 Å². The Morgan fingerprint density at radius 3 is 1.21 bits per heavy atom. The van der Waals surface area contributed by atoms with E-state index in [-0.39, 0.29) is 50.1 Å². The van der Waals surface area contributed by atoms with Gasteiger partial charge in [0, 0.05) is 25.7 Å². The molecule has 24 heavy (non-hydrogen) atoms. The zero-order chi connectivity index (χ0) is 19.4. The number of hydrogen-bond acceptors (Lipinski definition) is 4. The van der Waals surface area contributed by atoms with Gasteiger partial charge >= 0.3 is 0 Å². The molecule has 0 aliphatic carbocycles. The van der Waals surface area contributed by atoms with Gasteiger partial charge in [-0.1, -0.05) is 0 Å². The van der Waals surface area contributed by atoms with E-state index in [1.54, 1.807) is 0 Å². The quantitative estimate of drug-likeness (QED) is 0.395. The Labute approximate surface area is 143 Å². The summed E-state index contributed by atoms with van der Waals surface area (Å²) in [7, 11) is -7.58. The Balaban J connectivity index is 4.28. The summed E-state index contributed by atoms with van der Waals surface area (Å²) in [6.07, 6.45) is 0.546. The zero-order valence-electron chi connectivity index (χ0n) is 14.8. The van der Waals surface area contributed by atoms with E-state index in [0.29, 0.717) is 0 Å². The second-order valence-corrected chi connectivity index (χ2v) is 12.4. The summed E-state index contributed by atoms with van der Waals surface area (Å²) in [6, 6.07) is 0. The molecule has 0 radical (unpaired) electrons. The molecule has 0 aliphatic heterocycles. The molecule has 0 aromatic carbocycles. The molecule has 0 bridgehead atoms. The van der Waals surface area contributed by atoms with Gasteiger partial charge in [0.1, 0.15) is 11.6 Å². The van der Waals surface area contributed by atoms with Crippen molar-refractivity contribution in [1.82, 2.24) is 0 Å². The van der Waals surface area contributed by atoms with Gasteiger partial charge in [-0.2, -0.15) is 0 Å². The Hall–Kier alpha value is -0.360. The predicted molar refractivity (Wildman–Crippen MR) is 93.9 cm³/mol. The number of Topliss-reactive ketones (excluding diaryl/α,β-unsaturated/α-hetero) is 2. The summed E-state index contributed by atoms with van der Waals surface area (Å²) in [5, 5.41) is -2.11. The van der Waals surface area contributed by atoms with E-state index in [1.807, 2.05) is 0 Å². The number of hydrogen-bond donors (Lipinski definition) is 4. The van der Waals surface area contributed by atoms with Crippen molar-refractivity contribution in [2.75, 3.05) is 0 Å². The van der Waals surface area contributed by atoms with Crippen molar-refractivity contribution in [2.45, 2.75) is 76.5 Å². The highest BCUT2D eigenvalue weighted by atomic mass is 31.2. The van der Waals surface area contributed by atoms with Crippen LogP contribution in [0.5, 0.6) is 0 Å². The first-order valence-corrected chi connectivity index (χ1v) is 11.2. The predicted octanol–water partition coefficient (Wildman–Crippen LogP) is 2.31. The van der Waals surface area contributed by atoms with Crippen LogP contribution in [0.1, 0.15) is 66.2 Å². The van der Waals surface area contributed by atoms with Gasteiger partial charge in [-0.15, -0.1) is 0 Å². The van der Waals surface area contributed by atoms with Crippen LogP contribution in [0.2, 0.25) is 0 Å². The smallest absolute Gasteiger partial charge is 0.270 e. The van der Waals surface area contributed by atoms with E-state index in [9.17, 15) is 28.5 Å². The van der Waals surface area contributed by atoms with Gasteiger partial charge in [0.25, 0.3) is 15.0 Å². The third kappa shape index (κ3) is 7.68. The molecular formula is C14H30N2O6P2. The molecule has 0 rings (SSSR count). The number of rotatable bonds is 11. The summed E-state index contributed by atoms with van der Waals surface area (Å²) in [6.45, 7) is 6.09. The molecule has 0 saturated heterocycles. The van der Waals surface area contributed by atoms with Gasteiger partial charge in [0.05, 0.1) is 10.3 Å². The van der Waals surface area contributed by atoms with Crippen LogP contribution in [0, 0.1) is 0 Å². The molecule has 2 unspecified atom stereocenters. The fourth-order valence-corrected chi connectivity index (χ4v) is 2.60. The SMILES string of the molecule is CC(C)(CCC(=O)CCC(=O)CCC(C)(C)P(N)(=O)O)P(N)(=O)O. The summed E-state index contributed by atoms with van der Waals surface area (Å²) >= 11 is 0. The Kier molecular flexibility index (Phi) is 8.22. The lowest BCUT2D eigenvalue weighted by atomic mass is 9.99. The molecule has 142 valence electrons. The molecule has 0 aromatic heterocycles. The molecule has 10 heteroatoms. The van der Waals surface area contributed by atoms with E-state index in [0.717, 1.165) is 0 Å². The fourth-order valence-electron chi connectivity index (χ4n) is 1.74. The van der Waals surface area contributed by atoms with Crippen LogP contribution in [-0.4, -0.2) is 31.7 Å².